The van der Waals surface area contributed by atoms with Crippen LogP contribution in [0.15, 0.2) is 47.4 Å². The molecule has 34 heavy (non-hydrogen) atoms. The molecule has 186 valence electrons. The molecule has 0 spiro atoms. The molecule has 0 fully saturated rings. The van der Waals surface area contributed by atoms with Gasteiger partial charge in [0.2, 0.25) is 10.0 Å². The highest BCUT2D eigenvalue weighted by molar-refractivity contribution is 7.89. The van der Waals surface area contributed by atoms with Gasteiger partial charge in [0, 0.05) is 17.7 Å². The van der Waals surface area contributed by atoms with Crippen LogP contribution in [-0.4, -0.2) is 30.1 Å². The molecule has 0 radical (unpaired) electrons. The number of hydrogen-bond donors (Lipinski definition) is 1. The van der Waals surface area contributed by atoms with Gasteiger partial charge in [-0.1, -0.05) is 71.2 Å². The van der Waals surface area contributed by atoms with Crippen LogP contribution in [0.25, 0.3) is 0 Å². The van der Waals surface area contributed by atoms with Crippen molar-refractivity contribution in [3.05, 3.63) is 59.2 Å². The number of benzene rings is 2. The lowest BCUT2D eigenvalue weighted by atomic mass is 10.0. The molecule has 0 saturated heterocycles. The third-order valence-corrected chi connectivity index (χ3v) is 14.6. The van der Waals surface area contributed by atoms with Gasteiger partial charge in [-0.2, -0.15) is 0 Å². The fourth-order valence-corrected chi connectivity index (χ4v) is 11.3. The maximum Gasteiger partial charge on any atom is 0.240 e. The summed E-state index contributed by atoms with van der Waals surface area (Å²) in [5.41, 5.74) is 8.55. The summed E-state index contributed by atoms with van der Waals surface area (Å²) in [6, 6.07) is 12.9. The summed E-state index contributed by atoms with van der Waals surface area (Å²) in [6.45, 7) is 16.2. The number of rotatable bonds is 10. The Morgan fingerprint density at radius 2 is 1.53 bits per heavy atom. The number of methoxy groups -OCH3 is 1. The van der Waals surface area contributed by atoms with Crippen LogP contribution in [0, 0.1) is 18.4 Å². The van der Waals surface area contributed by atoms with Crippen molar-refractivity contribution in [1.29, 1.82) is 0 Å². The second kappa shape index (κ2) is 12.1. The highest BCUT2D eigenvalue weighted by Gasteiger charge is 2.41. The van der Waals surface area contributed by atoms with E-state index >= 15 is 0 Å². The van der Waals surface area contributed by atoms with Gasteiger partial charge in [-0.05, 0) is 60.7 Å². The molecule has 0 atom stereocenters. The van der Waals surface area contributed by atoms with Gasteiger partial charge >= 0.3 is 0 Å². The Balaban J connectivity index is 2.25. The van der Waals surface area contributed by atoms with E-state index in [2.05, 4.69) is 63.8 Å². The molecule has 2 aromatic carbocycles. The molecule has 2 aromatic rings. The Kier molecular flexibility index (Phi) is 9.99. The first-order chi connectivity index (χ1) is 16.0. The lowest BCUT2D eigenvalue weighted by Crippen LogP contribution is -2.43. The Morgan fingerprint density at radius 1 is 0.941 bits per heavy atom. The van der Waals surface area contributed by atoms with Crippen molar-refractivity contribution < 1.29 is 13.2 Å². The smallest absolute Gasteiger partial charge is 0.240 e. The summed E-state index contributed by atoms with van der Waals surface area (Å²) >= 11 is 0. The van der Waals surface area contributed by atoms with E-state index in [1.807, 2.05) is 31.2 Å². The Labute approximate surface area is 208 Å². The van der Waals surface area contributed by atoms with Crippen molar-refractivity contribution in [2.45, 2.75) is 82.8 Å². The van der Waals surface area contributed by atoms with Gasteiger partial charge in [-0.15, -0.1) is 5.54 Å². The van der Waals surface area contributed by atoms with Crippen molar-refractivity contribution in [2.75, 3.05) is 13.7 Å². The van der Waals surface area contributed by atoms with Crippen molar-refractivity contribution >= 4 is 18.1 Å². The quantitative estimate of drug-likeness (QED) is 0.231. The molecule has 0 aliphatic carbocycles. The van der Waals surface area contributed by atoms with Crippen LogP contribution >= 0.6 is 0 Å². The minimum absolute atomic E-state index is 0.291. The van der Waals surface area contributed by atoms with E-state index in [0.29, 0.717) is 40.9 Å². The predicted molar refractivity (Wildman–Crippen MR) is 146 cm³/mol. The first-order valence-corrected chi connectivity index (χ1v) is 15.9. The molecule has 2 rings (SSSR count). The van der Waals surface area contributed by atoms with Crippen LogP contribution in [-0.2, 0) is 16.4 Å². The zero-order valence-electron chi connectivity index (χ0n) is 22.0. The molecule has 1 N–H and O–H groups in total. The first-order valence-electron chi connectivity index (χ1n) is 12.2. The molecule has 0 heterocycles. The van der Waals surface area contributed by atoms with Gasteiger partial charge in [0.25, 0.3) is 0 Å². The second-order valence-electron chi connectivity index (χ2n) is 9.95. The molecule has 0 bridgehead atoms. The van der Waals surface area contributed by atoms with Crippen molar-refractivity contribution in [3.63, 3.8) is 0 Å². The molecule has 0 amide bonds. The van der Waals surface area contributed by atoms with E-state index in [-0.39, 0.29) is 0 Å². The normalized spacial score (nSPS) is 12.2. The van der Waals surface area contributed by atoms with Crippen LogP contribution in [0.1, 0.15) is 64.7 Å². The molecule has 4 nitrogen and oxygen atoms in total. The summed E-state index contributed by atoms with van der Waals surface area (Å²) in [7, 11) is -3.71. The molecular formula is C28H41NO3SSi. The monoisotopic (exact) mass is 499 g/mol. The molecular weight excluding hydrogens is 458 g/mol. The van der Waals surface area contributed by atoms with Crippen molar-refractivity contribution in [1.82, 2.24) is 4.72 Å². The number of ether oxygens (including phenoxy) is 1. The van der Waals surface area contributed by atoms with E-state index in [9.17, 15) is 8.42 Å². The van der Waals surface area contributed by atoms with E-state index in [0.717, 1.165) is 22.4 Å². The number of nitrogens with one attached hydrogen (secondary N) is 1. The van der Waals surface area contributed by atoms with Gasteiger partial charge in [0.15, 0.2) is 0 Å². The standard InChI is InChI=1S/C28H41NO3SSi/c1-21(2)34(22(3)4,23(5)6)20-18-25-11-9-13-28(32-8)27(25)12-10-19-29-33(30,31)26-16-14-24(7)15-17-26/h9,11,13-17,21-23,29H,10,12,19H2,1-8H3. The summed E-state index contributed by atoms with van der Waals surface area (Å²) in [5, 5.41) is 0. The molecule has 0 aromatic heterocycles. The molecule has 6 heteroatoms. The van der Waals surface area contributed by atoms with Crippen molar-refractivity contribution in [3.8, 4) is 17.2 Å². The Bertz CT molecular complexity index is 1090. The largest absolute Gasteiger partial charge is 0.496 e. The molecule has 0 saturated carbocycles. The van der Waals surface area contributed by atoms with Crippen LogP contribution in [0.2, 0.25) is 16.6 Å². The minimum atomic E-state index is -3.52. The second-order valence-corrected chi connectivity index (χ2v) is 17.3. The number of sulfonamides is 1. The van der Waals surface area contributed by atoms with E-state index in [4.69, 9.17) is 4.74 Å². The zero-order valence-corrected chi connectivity index (χ0v) is 23.8. The van der Waals surface area contributed by atoms with E-state index < -0.39 is 18.1 Å². The van der Waals surface area contributed by atoms with Crippen molar-refractivity contribution in [2.24, 2.45) is 0 Å². The SMILES string of the molecule is COc1cccc(C#C[Si](C(C)C)(C(C)C)C(C)C)c1CCCNS(=O)(=O)c1ccc(C)cc1. The fraction of sp³-hybridized carbons (Fsp3) is 0.500. The van der Waals surface area contributed by atoms with Gasteiger partial charge in [0.05, 0.1) is 12.0 Å². The van der Waals surface area contributed by atoms with Gasteiger partial charge < -0.3 is 4.74 Å². The number of hydrogen-bond acceptors (Lipinski definition) is 3. The maximum atomic E-state index is 12.6. The van der Waals surface area contributed by atoms with Crippen LogP contribution in [0.4, 0.5) is 0 Å². The third-order valence-electron chi connectivity index (χ3n) is 6.86. The third kappa shape index (κ3) is 6.53. The van der Waals surface area contributed by atoms with Crippen LogP contribution in [0.5, 0.6) is 5.75 Å². The predicted octanol–water partition coefficient (Wildman–Crippen LogP) is 6.48. The first kappa shape index (κ1) is 28.2. The summed E-state index contributed by atoms with van der Waals surface area (Å²) < 4.78 is 33.6. The minimum Gasteiger partial charge on any atom is -0.496 e. The summed E-state index contributed by atoms with van der Waals surface area (Å²) in [6.07, 6.45) is 1.34. The van der Waals surface area contributed by atoms with E-state index in [1.54, 1.807) is 19.2 Å². The zero-order chi connectivity index (χ0) is 25.5. The Morgan fingerprint density at radius 3 is 2.06 bits per heavy atom. The Hall–Kier alpha value is -2.07. The molecule has 0 aliphatic rings. The van der Waals surface area contributed by atoms with Gasteiger partial charge in [-0.3, -0.25) is 0 Å². The molecule has 0 unspecified atom stereocenters. The highest BCUT2D eigenvalue weighted by atomic mass is 32.2. The summed E-state index contributed by atoms with van der Waals surface area (Å²) in [5.74, 6) is 4.36. The lowest BCUT2D eigenvalue weighted by molar-refractivity contribution is 0.409. The number of aryl methyl sites for hydroxylation is 1. The summed E-state index contributed by atoms with van der Waals surface area (Å²) in [4.78, 5) is 0.291. The highest BCUT2D eigenvalue weighted by Crippen LogP contribution is 2.41. The van der Waals surface area contributed by atoms with Crippen LogP contribution < -0.4 is 9.46 Å². The van der Waals surface area contributed by atoms with Gasteiger partial charge in [-0.25, -0.2) is 13.1 Å². The van der Waals surface area contributed by atoms with E-state index in [1.165, 1.54) is 0 Å². The average molecular weight is 500 g/mol. The average Bonchev–Trinajstić information content (AvgIpc) is 2.77. The fourth-order valence-electron chi connectivity index (χ4n) is 5.01. The molecule has 0 aliphatic heterocycles. The van der Waals surface area contributed by atoms with Crippen LogP contribution in [0.3, 0.4) is 0 Å². The maximum absolute atomic E-state index is 12.6. The lowest BCUT2D eigenvalue weighted by Gasteiger charge is -2.38. The topological polar surface area (TPSA) is 55.4 Å². The van der Waals surface area contributed by atoms with Gasteiger partial charge in [0.1, 0.15) is 13.8 Å².